The Morgan fingerprint density at radius 2 is 1.78 bits per heavy atom. The molecule has 0 saturated heterocycles. The fraction of sp³-hybridized carbons (Fsp3) is 0. The van der Waals surface area contributed by atoms with Crippen LogP contribution >= 0.6 is 22.6 Å². The van der Waals surface area contributed by atoms with Crippen LogP contribution in [0.15, 0.2) is 101 Å². The lowest BCUT2D eigenvalue weighted by molar-refractivity contribution is -0.385. The second-order valence-corrected chi connectivity index (χ2v) is 8.75. The van der Waals surface area contributed by atoms with E-state index in [1.165, 1.54) is 16.8 Å². The second kappa shape index (κ2) is 10.0. The summed E-state index contributed by atoms with van der Waals surface area (Å²) < 4.78 is 7.82. The number of ether oxygens (including phenoxy) is 1. The van der Waals surface area contributed by atoms with Crippen molar-refractivity contribution in [3.63, 3.8) is 0 Å². The standard InChI is InChI=1S/C26H16IN5O4/c27-21-14-17(10-12-23(21)36-24-13-11-19(16-28-24)32(34)35)15-29-31-25(18-6-2-1-3-7-18)30-22-9-5-4-8-20(22)26(31)33/h1-16H. The Bertz CT molecular complexity index is 1670. The smallest absolute Gasteiger partial charge is 0.287 e. The van der Waals surface area contributed by atoms with Crippen LogP contribution in [-0.2, 0) is 0 Å². The van der Waals surface area contributed by atoms with Crippen molar-refractivity contribution in [2.45, 2.75) is 0 Å². The van der Waals surface area contributed by atoms with Crippen molar-refractivity contribution in [3.8, 4) is 23.0 Å². The van der Waals surface area contributed by atoms with Gasteiger partial charge in [0.1, 0.15) is 11.9 Å². The highest BCUT2D eigenvalue weighted by Crippen LogP contribution is 2.27. The number of hydrogen-bond donors (Lipinski definition) is 0. The predicted molar refractivity (Wildman–Crippen MR) is 145 cm³/mol. The molecule has 0 amide bonds. The molecule has 0 aliphatic carbocycles. The summed E-state index contributed by atoms with van der Waals surface area (Å²) >= 11 is 2.12. The van der Waals surface area contributed by atoms with Crippen molar-refractivity contribution in [1.29, 1.82) is 0 Å². The van der Waals surface area contributed by atoms with Gasteiger partial charge in [-0.2, -0.15) is 9.78 Å². The van der Waals surface area contributed by atoms with Gasteiger partial charge in [-0.1, -0.05) is 42.5 Å². The molecule has 0 fully saturated rings. The highest BCUT2D eigenvalue weighted by Gasteiger charge is 2.12. The van der Waals surface area contributed by atoms with Crippen molar-refractivity contribution in [2.75, 3.05) is 0 Å². The highest BCUT2D eigenvalue weighted by molar-refractivity contribution is 14.1. The second-order valence-electron chi connectivity index (χ2n) is 7.58. The number of aromatic nitrogens is 3. The van der Waals surface area contributed by atoms with Gasteiger partial charge < -0.3 is 4.74 Å². The Morgan fingerprint density at radius 3 is 2.50 bits per heavy atom. The monoisotopic (exact) mass is 589 g/mol. The maximum Gasteiger partial charge on any atom is 0.287 e. The first-order valence-corrected chi connectivity index (χ1v) is 11.8. The van der Waals surface area contributed by atoms with Gasteiger partial charge in [0.25, 0.3) is 11.2 Å². The van der Waals surface area contributed by atoms with E-state index in [4.69, 9.17) is 9.72 Å². The van der Waals surface area contributed by atoms with Crippen LogP contribution in [0.25, 0.3) is 22.3 Å². The summed E-state index contributed by atoms with van der Waals surface area (Å²) in [5, 5.41) is 15.8. The summed E-state index contributed by atoms with van der Waals surface area (Å²) in [6.45, 7) is 0. The van der Waals surface area contributed by atoms with Crippen LogP contribution < -0.4 is 10.3 Å². The fourth-order valence-electron chi connectivity index (χ4n) is 3.46. The van der Waals surface area contributed by atoms with Crippen LogP contribution in [0, 0.1) is 13.7 Å². The third-order valence-corrected chi connectivity index (χ3v) is 6.05. The molecule has 0 aliphatic heterocycles. The first-order chi connectivity index (χ1) is 17.5. The molecule has 0 unspecified atom stereocenters. The topological polar surface area (TPSA) is 113 Å². The lowest BCUT2D eigenvalue weighted by atomic mass is 10.2. The molecule has 0 spiro atoms. The summed E-state index contributed by atoms with van der Waals surface area (Å²) in [4.78, 5) is 32.2. The number of pyridine rings is 1. The van der Waals surface area contributed by atoms with E-state index in [2.05, 4.69) is 32.7 Å². The van der Waals surface area contributed by atoms with Gasteiger partial charge in [0.05, 0.1) is 25.6 Å². The molecule has 9 nitrogen and oxygen atoms in total. The van der Waals surface area contributed by atoms with Gasteiger partial charge in [0.2, 0.25) is 5.88 Å². The summed E-state index contributed by atoms with van der Waals surface area (Å²) in [5.41, 5.74) is 1.73. The minimum atomic E-state index is -0.520. The van der Waals surface area contributed by atoms with Gasteiger partial charge in [-0.05, 0) is 58.5 Å². The summed E-state index contributed by atoms with van der Waals surface area (Å²) in [6.07, 6.45) is 2.73. The van der Waals surface area contributed by atoms with E-state index < -0.39 is 4.92 Å². The molecule has 0 radical (unpaired) electrons. The molecule has 0 saturated carbocycles. The average molecular weight is 589 g/mol. The van der Waals surface area contributed by atoms with Gasteiger partial charge in [0, 0.05) is 17.7 Å². The summed E-state index contributed by atoms with van der Waals surface area (Å²) in [5.74, 6) is 1.21. The zero-order valence-corrected chi connectivity index (χ0v) is 20.6. The van der Waals surface area contributed by atoms with E-state index in [1.807, 2.05) is 42.5 Å². The zero-order chi connectivity index (χ0) is 25.1. The molecule has 10 heteroatoms. The first kappa shape index (κ1) is 23.3. The average Bonchev–Trinajstić information content (AvgIpc) is 2.90. The number of para-hydroxylation sites is 1. The van der Waals surface area contributed by atoms with Crippen LogP contribution in [0.4, 0.5) is 5.69 Å². The Hall–Kier alpha value is -4.45. The molecule has 2 heterocycles. The number of halogens is 1. The number of fused-ring (bicyclic) bond motifs is 1. The third kappa shape index (κ3) is 4.84. The third-order valence-electron chi connectivity index (χ3n) is 5.21. The van der Waals surface area contributed by atoms with Crippen molar-refractivity contribution in [3.05, 3.63) is 121 Å². The minimum Gasteiger partial charge on any atom is -0.438 e. The van der Waals surface area contributed by atoms with Crippen molar-refractivity contribution < 1.29 is 9.66 Å². The van der Waals surface area contributed by atoms with Gasteiger partial charge in [-0.3, -0.25) is 14.9 Å². The van der Waals surface area contributed by atoms with Gasteiger partial charge in [0.15, 0.2) is 5.82 Å². The summed E-state index contributed by atoms with van der Waals surface area (Å²) in [6, 6.07) is 24.7. The number of benzene rings is 3. The van der Waals surface area contributed by atoms with E-state index >= 15 is 0 Å². The molecule has 5 aromatic rings. The van der Waals surface area contributed by atoms with Crippen LogP contribution in [0.2, 0.25) is 0 Å². The number of hydrogen-bond acceptors (Lipinski definition) is 7. The molecule has 0 atom stereocenters. The number of rotatable bonds is 6. The van der Waals surface area contributed by atoms with Crippen molar-refractivity contribution in [2.24, 2.45) is 5.10 Å². The zero-order valence-electron chi connectivity index (χ0n) is 18.5. The first-order valence-electron chi connectivity index (χ1n) is 10.7. The Morgan fingerprint density at radius 1 is 1.00 bits per heavy atom. The fourth-order valence-corrected chi connectivity index (χ4v) is 4.11. The van der Waals surface area contributed by atoms with Gasteiger partial charge >= 0.3 is 0 Å². The SMILES string of the molecule is O=c1c2ccccc2nc(-c2ccccc2)n1N=Cc1ccc(Oc2ccc([N+](=O)[O-])cn2)c(I)c1. The number of nitrogens with zero attached hydrogens (tertiary/aromatic N) is 5. The van der Waals surface area contributed by atoms with Crippen molar-refractivity contribution >= 4 is 45.4 Å². The molecule has 36 heavy (non-hydrogen) atoms. The van der Waals surface area contributed by atoms with Crippen LogP contribution in [0.3, 0.4) is 0 Å². The lowest BCUT2D eigenvalue weighted by Crippen LogP contribution is -2.20. The molecule has 5 rings (SSSR count). The molecule has 3 aromatic carbocycles. The highest BCUT2D eigenvalue weighted by atomic mass is 127. The molecule has 2 aromatic heterocycles. The Labute approximate surface area is 218 Å². The van der Waals surface area contributed by atoms with Crippen LogP contribution in [-0.4, -0.2) is 25.8 Å². The summed E-state index contributed by atoms with van der Waals surface area (Å²) in [7, 11) is 0. The van der Waals surface area contributed by atoms with E-state index in [1.54, 1.807) is 36.5 Å². The molecule has 0 N–H and O–H groups in total. The Kier molecular flexibility index (Phi) is 6.50. The van der Waals surface area contributed by atoms with E-state index in [0.717, 1.165) is 20.9 Å². The van der Waals surface area contributed by atoms with E-state index in [-0.39, 0.29) is 17.1 Å². The van der Waals surface area contributed by atoms with E-state index in [0.29, 0.717) is 22.5 Å². The molecular weight excluding hydrogens is 573 g/mol. The number of nitro groups is 1. The van der Waals surface area contributed by atoms with Crippen LogP contribution in [0.1, 0.15) is 5.56 Å². The maximum atomic E-state index is 13.3. The minimum absolute atomic E-state index is 0.114. The lowest BCUT2D eigenvalue weighted by Gasteiger charge is -2.10. The maximum absolute atomic E-state index is 13.3. The normalized spacial score (nSPS) is 11.1. The Balaban J connectivity index is 1.47. The quantitative estimate of drug-likeness (QED) is 0.110. The van der Waals surface area contributed by atoms with Gasteiger partial charge in [-0.25, -0.2) is 9.97 Å². The van der Waals surface area contributed by atoms with Gasteiger partial charge in [-0.15, -0.1) is 0 Å². The molecular formula is C26H16IN5O4. The predicted octanol–water partition coefficient (Wildman–Crippen LogP) is 5.65. The molecule has 0 aliphatic rings. The molecule has 176 valence electrons. The van der Waals surface area contributed by atoms with E-state index in [9.17, 15) is 14.9 Å². The molecule has 0 bridgehead atoms. The van der Waals surface area contributed by atoms with Crippen molar-refractivity contribution in [1.82, 2.24) is 14.6 Å². The van der Waals surface area contributed by atoms with Crippen LogP contribution in [0.5, 0.6) is 11.6 Å². The largest absolute Gasteiger partial charge is 0.438 e.